The molecule has 2 rings (SSSR count). The molecule has 132 valence electrons. The Morgan fingerprint density at radius 1 is 1.33 bits per heavy atom. The van der Waals surface area contributed by atoms with Crippen LogP contribution in [-0.2, 0) is 20.5 Å². The predicted octanol–water partition coefficient (Wildman–Crippen LogP) is 2.88. The van der Waals surface area contributed by atoms with Crippen molar-refractivity contribution in [3.63, 3.8) is 0 Å². The number of amides is 2. The fourth-order valence-corrected chi connectivity index (χ4v) is 1.97. The average Bonchev–Trinajstić information content (AvgIpc) is 2.77. The fourth-order valence-electron chi connectivity index (χ4n) is 1.97. The maximum atomic E-state index is 12.7. The second-order valence-corrected chi connectivity index (χ2v) is 6.25. The van der Waals surface area contributed by atoms with Crippen LogP contribution in [0.5, 0.6) is 0 Å². The first-order valence-corrected chi connectivity index (χ1v) is 7.10. The first-order chi connectivity index (χ1) is 11.0. The smallest absolute Gasteiger partial charge is 0.416 e. The second kappa shape index (κ2) is 6.31. The van der Waals surface area contributed by atoms with E-state index in [-0.39, 0.29) is 12.3 Å². The molecule has 9 heteroatoms. The summed E-state index contributed by atoms with van der Waals surface area (Å²) < 4.78 is 43.2. The molecule has 0 aliphatic carbocycles. The number of nitrogens with zero attached hydrogens (tertiary/aromatic N) is 1. The number of hydrogen-bond donors (Lipinski definition) is 1. The molecule has 2 amide bonds. The third-order valence-corrected chi connectivity index (χ3v) is 2.96. The van der Waals surface area contributed by atoms with Crippen LogP contribution in [0.15, 0.2) is 24.3 Å². The van der Waals surface area contributed by atoms with Crippen LogP contribution in [0, 0.1) is 0 Å². The maximum Gasteiger partial charge on any atom is 0.416 e. The number of hydrogen-bond acceptors (Lipinski definition) is 4. The number of benzene rings is 1. The molecule has 1 fully saturated rings. The Hall–Kier alpha value is -2.29. The van der Waals surface area contributed by atoms with Crippen molar-refractivity contribution in [1.82, 2.24) is 5.32 Å². The molecular weight excluding hydrogens is 329 g/mol. The molecule has 1 aliphatic heterocycles. The zero-order valence-corrected chi connectivity index (χ0v) is 13.3. The van der Waals surface area contributed by atoms with Crippen LogP contribution >= 0.6 is 0 Å². The van der Waals surface area contributed by atoms with Gasteiger partial charge in [0.05, 0.1) is 11.3 Å². The SMILES string of the molecule is CC(C)(C)NC(=O)OC1CON(c2cccc(C(F)(F)F)c2)C1=O. The Morgan fingerprint density at radius 3 is 2.58 bits per heavy atom. The molecule has 1 heterocycles. The summed E-state index contributed by atoms with van der Waals surface area (Å²) in [6.45, 7) is 4.93. The van der Waals surface area contributed by atoms with Gasteiger partial charge < -0.3 is 10.1 Å². The molecule has 1 atom stereocenters. The number of anilines is 1. The molecule has 0 saturated carbocycles. The van der Waals surface area contributed by atoms with E-state index < -0.39 is 35.4 Å². The van der Waals surface area contributed by atoms with Crippen LogP contribution in [0.1, 0.15) is 26.3 Å². The monoisotopic (exact) mass is 346 g/mol. The van der Waals surface area contributed by atoms with Gasteiger partial charge in [0.25, 0.3) is 5.91 Å². The highest BCUT2D eigenvalue weighted by atomic mass is 19.4. The summed E-state index contributed by atoms with van der Waals surface area (Å²) in [6.07, 6.45) is -6.57. The van der Waals surface area contributed by atoms with Crippen LogP contribution in [0.25, 0.3) is 0 Å². The number of alkyl carbamates (subject to hydrolysis) is 1. The van der Waals surface area contributed by atoms with Gasteiger partial charge in [-0.25, -0.2) is 4.79 Å². The van der Waals surface area contributed by atoms with Gasteiger partial charge in [-0.15, -0.1) is 0 Å². The predicted molar refractivity (Wildman–Crippen MR) is 78.0 cm³/mol. The molecule has 0 spiro atoms. The molecule has 1 aliphatic rings. The topological polar surface area (TPSA) is 67.9 Å². The fraction of sp³-hybridized carbons (Fsp3) is 0.467. The van der Waals surface area contributed by atoms with E-state index in [1.807, 2.05) is 0 Å². The van der Waals surface area contributed by atoms with E-state index in [1.54, 1.807) is 20.8 Å². The summed E-state index contributed by atoms with van der Waals surface area (Å²) in [7, 11) is 0. The third-order valence-electron chi connectivity index (χ3n) is 2.96. The van der Waals surface area contributed by atoms with Crippen molar-refractivity contribution >= 4 is 17.7 Å². The minimum atomic E-state index is -4.54. The van der Waals surface area contributed by atoms with Gasteiger partial charge in [0.2, 0.25) is 6.10 Å². The molecule has 0 radical (unpaired) electrons. The number of nitrogens with one attached hydrogen (secondary N) is 1. The Balaban J connectivity index is 2.08. The van der Waals surface area contributed by atoms with E-state index in [1.165, 1.54) is 6.07 Å². The summed E-state index contributed by atoms with van der Waals surface area (Å²) in [5, 5.41) is 3.21. The number of ether oxygens (including phenoxy) is 1. The highest BCUT2D eigenvalue weighted by molar-refractivity contribution is 5.97. The van der Waals surface area contributed by atoms with E-state index in [4.69, 9.17) is 9.57 Å². The standard InChI is InChI=1S/C15H17F3N2O4/c1-14(2,3)19-13(22)24-11-8-23-20(12(11)21)10-6-4-5-9(7-10)15(16,17)18/h4-7,11H,8H2,1-3H3,(H,19,22). The summed E-state index contributed by atoms with van der Waals surface area (Å²) >= 11 is 0. The van der Waals surface area contributed by atoms with Crippen molar-refractivity contribution in [3.05, 3.63) is 29.8 Å². The number of carbonyl (C=O) groups excluding carboxylic acids is 2. The van der Waals surface area contributed by atoms with Gasteiger partial charge in [-0.1, -0.05) is 6.07 Å². The second-order valence-electron chi connectivity index (χ2n) is 6.25. The lowest BCUT2D eigenvalue weighted by Gasteiger charge is -2.21. The highest BCUT2D eigenvalue weighted by Crippen LogP contribution is 2.32. The van der Waals surface area contributed by atoms with Crippen molar-refractivity contribution in [3.8, 4) is 0 Å². The van der Waals surface area contributed by atoms with Gasteiger partial charge in [-0.2, -0.15) is 18.2 Å². The lowest BCUT2D eigenvalue weighted by atomic mass is 10.1. The first-order valence-electron chi connectivity index (χ1n) is 7.10. The molecule has 6 nitrogen and oxygen atoms in total. The first kappa shape index (κ1) is 18.1. The van der Waals surface area contributed by atoms with Crippen LogP contribution < -0.4 is 10.4 Å². The molecule has 24 heavy (non-hydrogen) atoms. The maximum absolute atomic E-state index is 12.7. The van der Waals surface area contributed by atoms with Gasteiger partial charge in [0.15, 0.2) is 0 Å². The molecule has 1 N–H and O–H groups in total. The zero-order chi connectivity index (χ0) is 18.1. The van der Waals surface area contributed by atoms with E-state index in [0.29, 0.717) is 5.06 Å². The minimum absolute atomic E-state index is 0.0860. The van der Waals surface area contributed by atoms with Crippen LogP contribution in [0.4, 0.5) is 23.7 Å². The number of hydroxylamine groups is 1. The molecule has 0 bridgehead atoms. The summed E-state index contributed by atoms with van der Waals surface area (Å²) in [5.41, 5.74) is -1.55. The minimum Gasteiger partial charge on any atom is -0.433 e. The molecule has 1 saturated heterocycles. The molecule has 1 aromatic rings. The Bertz CT molecular complexity index is 640. The number of carbonyl (C=O) groups is 2. The molecule has 0 aromatic heterocycles. The van der Waals surface area contributed by atoms with E-state index >= 15 is 0 Å². The average molecular weight is 346 g/mol. The Labute approximate surface area is 136 Å². The summed E-state index contributed by atoms with van der Waals surface area (Å²) in [4.78, 5) is 28.9. The van der Waals surface area contributed by atoms with Crippen LogP contribution in [0.3, 0.4) is 0 Å². The van der Waals surface area contributed by atoms with Crippen LogP contribution in [0.2, 0.25) is 0 Å². The van der Waals surface area contributed by atoms with E-state index in [2.05, 4.69) is 5.32 Å². The number of halogens is 3. The van der Waals surface area contributed by atoms with Gasteiger partial charge in [0, 0.05) is 5.54 Å². The van der Waals surface area contributed by atoms with Gasteiger partial charge in [-0.05, 0) is 39.0 Å². The van der Waals surface area contributed by atoms with Crippen molar-refractivity contribution < 1.29 is 32.3 Å². The largest absolute Gasteiger partial charge is 0.433 e. The highest BCUT2D eigenvalue weighted by Gasteiger charge is 2.39. The lowest BCUT2D eigenvalue weighted by Crippen LogP contribution is -2.44. The zero-order valence-electron chi connectivity index (χ0n) is 13.3. The van der Waals surface area contributed by atoms with Gasteiger partial charge in [-0.3, -0.25) is 9.63 Å². The Morgan fingerprint density at radius 2 is 2.00 bits per heavy atom. The van der Waals surface area contributed by atoms with Gasteiger partial charge in [0.1, 0.15) is 6.61 Å². The number of alkyl halides is 3. The van der Waals surface area contributed by atoms with Crippen molar-refractivity contribution in [2.45, 2.75) is 38.6 Å². The van der Waals surface area contributed by atoms with E-state index in [9.17, 15) is 22.8 Å². The number of rotatable bonds is 2. The van der Waals surface area contributed by atoms with Crippen molar-refractivity contribution in [1.29, 1.82) is 0 Å². The van der Waals surface area contributed by atoms with Crippen molar-refractivity contribution in [2.24, 2.45) is 0 Å². The van der Waals surface area contributed by atoms with Crippen molar-refractivity contribution in [2.75, 3.05) is 11.7 Å². The van der Waals surface area contributed by atoms with Gasteiger partial charge >= 0.3 is 12.3 Å². The Kier molecular flexibility index (Phi) is 4.75. The molecular formula is C15H17F3N2O4. The summed E-state index contributed by atoms with van der Waals surface area (Å²) in [5.74, 6) is -0.751. The normalized spacial score (nSPS) is 18.7. The molecule has 1 unspecified atom stereocenters. The quantitative estimate of drug-likeness (QED) is 0.894. The van der Waals surface area contributed by atoms with E-state index in [0.717, 1.165) is 18.2 Å². The lowest BCUT2D eigenvalue weighted by molar-refractivity contribution is -0.137. The van der Waals surface area contributed by atoms with Crippen LogP contribution in [-0.4, -0.2) is 30.3 Å². The summed E-state index contributed by atoms with van der Waals surface area (Å²) in [6, 6.07) is 4.13. The third kappa shape index (κ3) is 4.38. The molecule has 1 aromatic carbocycles.